The Labute approximate surface area is 115 Å². The van der Waals surface area contributed by atoms with Crippen molar-refractivity contribution in [2.24, 2.45) is 0 Å². The van der Waals surface area contributed by atoms with Gasteiger partial charge in [0.25, 0.3) is 0 Å². The van der Waals surface area contributed by atoms with Gasteiger partial charge in [-0.1, -0.05) is 31.0 Å². The van der Waals surface area contributed by atoms with Crippen LogP contribution in [0.5, 0.6) is 0 Å². The summed E-state index contributed by atoms with van der Waals surface area (Å²) in [6.45, 7) is 2.09. The molecule has 0 spiro atoms. The van der Waals surface area contributed by atoms with Crippen LogP contribution in [-0.4, -0.2) is 4.98 Å². The van der Waals surface area contributed by atoms with Gasteiger partial charge in [-0.2, -0.15) is 0 Å². The monoisotopic (exact) mass is 284 g/mol. The van der Waals surface area contributed by atoms with E-state index in [1.807, 2.05) is 0 Å². The lowest BCUT2D eigenvalue weighted by atomic mass is 10.1. The van der Waals surface area contributed by atoms with E-state index < -0.39 is 0 Å². The van der Waals surface area contributed by atoms with Gasteiger partial charge >= 0.3 is 0 Å². The lowest BCUT2D eigenvalue weighted by molar-refractivity contribution is 0.614. The number of hydrogen-bond acceptors (Lipinski definition) is 3. The van der Waals surface area contributed by atoms with Crippen molar-refractivity contribution in [2.45, 2.75) is 26.2 Å². The maximum atomic E-state index is 13.7. The number of nitrogen functional groups attached to an aromatic ring is 1. The minimum absolute atomic E-state index is 0.281. The number of hydrogen-bond donors (Lipinski definition) is 1. The van der Waals surface area contributed by atoms with Crippen molar-refractivity contribution in [3.05, 3.63) is 45.2 Å². The summed E-state index contributed by atoms with van der Waals surface area (Å²) < 4.78 is 13.7. The molecule has 0 atom stereocenters. The summed E-state index contributed by atoms with van der Waals surface area (Å²) in [4.78, 5) is 5.33. The summed E-state index contributed by atoms with van der Waals surface area (Å²) in [6, 6.07) is 4.74. The molecule has 0 saturated carbocycles. The van der Waals surface area contributed by atoms with Gasteiger partial charge in [-0.25, -0.2) is 9.37 Å². The number of aromatic nitrogens is 1. The molecule has 0 aliphatic carbocycles. The van der Waals surface area contributed by atoms with Crippen molar-refractivity contribution in [3.63, 3.8) is 0 Å². The van der Waals surface area contributed by atoms with Crippen molar-refractivity contribution >= 4 is 28.1 Å². The Bertz CT molecular complexity index is 554. The van der Waals surface area contributed by atoms with Crippen LogP contribution in [0.2, 0.25) is 5.02 Å². The molecule has 18 heavy (non-hydrogen) atoms. The third-order valence-corrected chi connectivity index (χ3v) is 3.81. The van der Waals surface area contributed by atoms with E-state index in [0.29, 0.717) is 22.1 Å². The average molecular weight is 285 g/mol. The molecular formula is C13H14ClFN2S. The summed E-state index contributed by atoms with van der Waals surface area (Å²) in [5.41, 5.74) is 7.32. The van der Waals surface area contributed by atoms with E-state index in [0.717, 1.165) is 23.4 Å². The van der Waals surface area contributed by atoms with E-state index in [1.165, 1.54) is 17.4 Å². The van der Waals surface area contributed by atoms with Gasteiger partial charge in [0.2, 0.25) is 0 Å². The fourth-order valence-electron chi connectivity index (χ4n) is 1.81. The molecule has 1 aromatic heterocycles. The van der Waals surface area contributed by atoms with Crippen molar-refractivity contribution in [1.29, 1.82) is 0 Å². The number of thiazole rings is 1. The van der Waals surface area contributed by atoms with E-state index in [9.17, 15) is 4.39 Å². The maximum absolute atomic E-state index is 13.7. The Kier molecular flexibility index (Phi) is 4.19. The predicted molar refractivity (Wildman–Crippen MR) is 74.7 cm³/mol. The molecule has 0 amide bonds. The van der Waals surface area contributed by atoms with Crippen LogP contribution < -0.4 is 5.73 Å². The molecule has 2 N–H and O–H groups in total. The number of benzene rings is 1. The SMILES string of the molecule is CCCc1nc(N)sc1Cc1ccc(Cl)cc1F. The quantitative estimate of drug-likeness (QED) is 0.919. The van der Waals surface area contributed by atoms with Gasteiger partial charge in [0.05, 0.1) is 5.69 Å². The van der Waals surface area contributed by atoms with Gasteiger partial charge in [-0.05, 0) is 24.1 Å². The molecule has 0 radical (unpaired) electrons. The van der Waals surface area contributed by atoms with Crippen LogP contribution in [0.3, 0.4) is 0 Å². The number of nitrogens with zero attached hydrogens (tertiary/aromatic N) is 1. The van der Waals surface area contributed by atoms with Crippen LogP contribution >= 0.6 is 22.9 Å². The van der Waals surface area contributed by atoms with Crippen LogP contribution in [0.1, 0.15) is 29.5 Å². The zero-order valence-electron chi connectivity index (χ0n) is 10.0. The Balaban J connectivity index is 2.27. The van der Waals surface area contributed by atoms with Gasteiger partial charge in [-0.15, -0.1) is 11.3 Å². The highest BCUT2D eigenvalue weighted by atomic mass is 35.5. The molecule has 0 fully saturated rings. The molecule has 2 nitrogen and oxygen atoms in total. The minimum atomic E-state index is -0.281. The van der Waals surface area contributed by atoms with Crippen LogP contribution in [0.25, 0.3) is 0 Å². The fraction of sp³-hybridized carbons (Fsp3) is 0.308. The van der Waals surface area contributed by atoms with Crippen molar-refractivity contribution in [3.8, 4) is 0 Å². The fourth-order valence-corrected chi connectivity index (χ4v) is 2.87. The topological polar surface area (TPSA) is 38.9 Å². The van der Waals surface area contributed by atoms with Gasteiger partial charge in [0.1, 0.15) is 5.82 Å². The first-order chi connectivity index (χ1) is 8.60. The lowest BCUT2D eigenvalue weighted by Gasteiger charge is -2.03. The molecule has 1 heterocycles. The normalized spacial score (nSPS) is 10.8. The summed E-state index contributed by atoms with van der Waals surface area (Å²) in [5, 5.41) is 0.955. The highest BCUT2D eigenvalue weighted by molar-refractivity contribution is 7.15. The average Bonchev–Trinajstić information content (AvgIpc) is 2.64. The zero-order chi connectivity index (χ0) is 13.1. The number of aryl methyl sites for hydroxylation is 1. The number of halogens is 2. The lowest BCUT2D eigenvalue weighted by Crippen LogP contribution is -1.95. The predicted octanol–water partition coefficient (Wildman–Crippen LogP) is 4.06. The minimum Gasteiger partial charge on any atom is -0.375 e. The number of nitrogens with two attached hydrogens (primary N) is 1. The molecule has 0 aliphatic rings. The van der Waals surface area contributed by atoms with E-state index >= 15 is 0 Å². The third-order valence-electron chi connectivity index (χ3n) is 2.65. The third kappa shape index (κ3) is 3.00. The van der Waals surface area contributed by atoms with Crippen molar-refractivity contribution < 1.29 is 4.39 Å². The maximum Gasteiger partial charge on any atom is 0.180 e. The van der Waals surface area contributed by atoms with Gasteiger partial charge in [0, 0.05) is 16.3 Å². The van der Waals surface area contributed by atoms with E-state index in [4.69, 9.17) is 17.3 Å². The van der Waals surface area contributed by atoms with Gasteiger partial charge in [0.15, 0.2) is 5.13 Å². The van der Waals surface area contributed by atoms with Crippen molar-refractivity contribution in [1.82, 2.24) is 4.98 Å². The molecule has 1 aromatic carbocycles. The highest BCUT2D eigenvalue weighted by Crippen LogP contribution is 2.26. The Hall–Kier alpha value is -1.13. The van der Waals surface area contributed by atoms with Crippen molar-refractivity contribution in [2.75, 3.05) is 5.73 Å². The van der Waals surface area contributed by atoms with Gasteiger partial charge in [-0.3, -0.25) is 0 Å². The Morgan fingerprint density at radius 2 is 2.22 bits per heavy atom. The highest BCUT2D eigenvalue weighted by Gasteiger charge is 2.12. The largest absolute Gasteiger partial charge is 0.375 e. The van der Waals surface area contributed by atoms with E-state index in [2.05, 4.69) is 11.9 Å². The summed E-state index contributed by atoms with van der Waals surface area (Å²) in [5.74, 6) is -0.281. The van der Waals surface area contributed by atoms with E-state index in [-0.39, 0.29) is 5.82 Å². The van der Waals surface area contributed by atoms with E-state index in [1.54, 1.807) is 12.1 Å². The molecule has 0 unspecified atom stereocenters. The Morgan fingerprint density at radius 1 is 1.44 bits per heavy atom. The second kappa shape index (κ2) is 5.67. The van der Waals surface area contributed by atoms with Gasteiger partial charge < -0.3 is 5.73 Å². The molecule has 5 heteroatoms. The first kappa shape index (κ1) is 13.3. The molecule has 2 aromatic rings. The first-order valence-corrected chi connectivity index (χ1v) is 6.97. The number of anilines is 1. The zero-order valence-corrected chi connectivity index (χ0v) is 11.6. The second-order valence-corrected chi connectivity index (χ2v) is 5.64. The standard InChI is InChI=1S/C13H14ClFN2S/c1-2-3-11-12(18-13(16)17-11)6-8-4-5-9(14)7-10(8)15/h4-5,7H,2-3,6H2,1H3,(H2,16,17). The first-order valence-electron chi connectivity index (χ1n) is 5.78. The molecule has 96 valence electrons. The van der Waals surface area contributed by atoms with Crippen LogP contribution in [0.15, 0.2) is 18.2 Å². The summed E-state index contributed by atoms with van der Waals surface area (Å²) in [6.07, 6.45) is 2.39. The van der Waals surface area contributed by atoms with Crippen LogP contribution in [-0.2, 0) is 12.8 Å². The number of rotatable bonds is 4. The molecule has 0 bridgehead atoms. The van der Waals surface area contributed by atoms with Crippen LogP contribution in [0, 0.1) is 5.82 Å². The molecule has 2 rings (SSSR count). The molecule has 0 aliphatic heterocycles. The van der Waals surface area contributed by atoms with Crippen LogP contribution in [0.4, 0.5) is 9.52 Å². The summed E-state index contributed by atoms with van der Waals surface area (Å²) >= 11 is 7.16. The molecule has 0 saturated heterocycles. The smallest absolute Gasteiger partial charge is 0.180 e. The molecular weight excluding hydrogens is 271 g/mol. The summed E-state index contributed by atoms with van der Waals surface area (Å²) in [7, 11) is 0. The second-order valence-electron chi connectivity index (χ2n) is 4.08. The Morgan fingerprint density at radius 3 is 2.89 bits per heavy atom.